The molecule has 0 bridgehead atoms. The first-order chi connectivity index (χ1) is 9.36. The fraction of sp³-hybridized carbons (Fsp3) is 0.471. The van der Waals surface area contributed by atoms with Gasteiger partial charge in [-0.3, -0.25) is 4.79 Å². The van der Waals surface area contributed by atoms with Crippen molar-refractivity contribution >= 4 is 11.5 Å². The first-order valence-corrected chi connectivity index (χ1v) is 7.47. The Balaban J connectivity index is 1.85. The number of carbonyl (C=O) groups is 1. The lowest BCUT2D eigenvalue weighted by Gasteiger charge is -2.29. The number of carbonyl (C=O) groups excluding carboxylic acids is 1. The van der Waals surface area contributed by atoms with Gasteiger partial charge < -0.3 is 4.90 Å². The first-order valence-electron chi connectivity index (χ1n) is 7.47. The molecule has 4 rings (SSSR count). The maximum Gasteiger partial charge on any atom is 0.223 e. The van der Waals surface area contributed by atoms with Crippen molar-refractivity contribution in [1.29, 1.82) is 0 Å². The van der Waals surface area contributed by atoms with E-state index in [0.717, 1.165) is 19.4 Å². The second-order valence-electron chi connectivity index (χ2n) is 5.89. The van der Waals surface area contributed by atoms with E-state index in [-0.39, 0.29) is 6.04 Å². The number of likely N-dealkylation sites (tertiary alicyclic amines) is 1. The van der Waals surface area contributed by atoms with E-state index in [1.54, 1.807) is 11.1 Å². The Morgan fingerprint density at radius 1 is 1.00 bits per heavy atom. The number of benzene rings is 1. The van der Waals surface area contributed by atoms with Crippen molar-refractivity contribution in [2.45, 2.75) is 44.6 Å². The third-order valence-corrected chi connectivity index (χ3v) is 4.84. The second kappa shape index (κ2) is 4.22. The fourth-order valence-corrected chi connectivity index (χ4v) is 4.03. The van der Waals surface area contributed by atoms with Gasteiger partial charge in [0.25, 0.3) is 0 Å². The zero-order chi connectivity index (χ0) is 12.8. The number of hydrogen-bond donors (Lipinski definition) is 0. The smallest absolute Gasteiger partial charge is 0.223 e. The van der Waals surface area contributed by atoms with Gasteiger partial charge in [-0.05, 0) is 54.4 Å². The summed E-state index contributed by atoms with van der Waals surface area (Å²) in [6.45, 7) is 0.939. The third-order valence-electron chi connectivity index (χ3n) is 4.84. The average molecular weight is 253 g/mol. The number of rotatable bonds is 1. The highest BCUT2D eigenvalue weighted by atomic mass is 16.2. The molecule has 1 atom stereocenters. The predicted molar refractivity (Wildman–Crippen MR) is 75.5 cm³/mol. The van der Waals surface area contributed by atoms with Gasteiger partial charge in [-0.1, -0.05) is 24.3 Å². The van der Waals surface area contributed by atoms with Crippen LogP contribution in [0, 0.1) is 0 Å². The summed E-state index contributed by atoms with van der Waals surface area (Å²) in [6, 6.07) is 8.99. The van der Waals surface area contributed by atoms with Crippen molar-refractivity contribution in [3.05, 3.63) is 41.0 Å². The van der Waals surface area contributed by atoms with Gasteiger partial charge in [0.05, 0.1) is 6.04 Å². The van der Waals surface area contributed by atoms with Gasteiger partial charge in [0.2, 0.25) is 5.91 Å². The molecular formula is C17H19NO. The molecule has 0 saturated carbocycles. The van der Waals surface area contributed by atoms with Crippen LogP contribution in [0.3, 0.4) is 0 Å². The highest BCUT2D eigenvalue weighted by molar-refractivity contribution is 5.84. The number of allylic oxidation sites excluding steroid dienone is 1. The van der Waals surface area contributed by atoms with Gasteiger partial charge in [-0.15, -0.1) is 0 Å². The summed E-state index contributed by atoms with van der Waals surface area (Å²) < 4.78 is 0. The molecule has 1 amide bonds. The molecule has 0 aromatic heterocycles. The normalized spacial score (nSPS) is 25.8. The van der Waals surface area contributed by atoms with Gasteiger partial charge in [0.1, 0.15) is 0 Å². The quantitative estimate of drug-likeness (QED) is 0.747. The Bertz CT molecular complexity index is 572. The van der Waals surface area contributed by atoms with Crippen molar-refractivity contribution in [3.8, 4) is 0 Å². The molecule has 1 aromatic rings. The molecule has 2 aliphatic carbocycles. The molecule has 1 fully saturated rings. The van der Waals surface area contributed by atoms with E-state index < -0.39 is 0 Å². The van der Waals surface area contributed by atoms with Crippen LogP contribution in [0.25, 0.3) is 5.57 Å². The second-order valence-corrected chi connectivity index (χ2v) is 5.89. The largest absolute Gasteiger partial charge is 0.332 e. The Morgan fingerprint density at radius 3 is 2.68 bits per heavy atom. The average Bonchev–Trinajstić information content (AvgIpc) is 3.00. The molecule has 2 heteroatoms. The number of amides is 1. The topological polar surface area (TPSA) is 20.3 Å². The number of hydrogen-bond acceptors (Lipinski definition) is 1. The monoisotopic (exact) mass is 253 g/mol. The van der Waals surface area contributed by atoms with Gasteiger partial charge in [-0.25, -0.2) is 0 Å². The van der Waals surface area contributed by atoms with Gasteiger partial charge in [0.15, 0.2) is 0 Å². The molecule has 1 unspecified atom stereocenters. The molecule has 1 aromatic carbocycles. The van der Waals surface area contributed by atoms with Crippen LogP contribution in [0.15, 0.2) is 29.8 Å². The van der Waals surface area contributed by atoms with Crippen molar-refractivity contribution in [2.75, 3.05) is 6.54 Å². The van der Waals surface area contributed by atoms with Gasteiger partial charge in [0, 0.05) is 13.0 Å². The Hall–Kier alpha value is -1.57. The molecule has 0 spiro atoms. The lowest BCUT2D eigenvalue weighted by molar-refractivity contribution is -0.129. The Kier molecular flexibility index (Phi) is 2.51. The van der Waals surface area contributed by atoms with Crippen LogP contribution in [0.5, 0.6) is 0 Å². The predicted octanol–water partition coefficient (Wildman–Crippen LogP) is 3.69. The molecule has 3 aliphatic rings. The van der Waals surface area contributed by atoms with E-state index in [9.17, 15) is 4.79 Å². The zero-order valence-corrected chi connectivity index (χ0v) is 11.2. The van der Waals surface area contributed by atoms with Gasteiger partial charge >= 0.3 is 0 Å². The molecule has 0 radical (unpaired) electrons. The van der Waals surface area contributed by atoms with Crippen molar-refractivity contribution in [3.63, 3.8) is 0 Å². The van der Waals surface area contributed by atoms with E-state index in [1.165, 1.54) is 36.8 Å². The summed E-state index contributed by atoms with van der Waals surface area (Å²) in [6.07, 6.45) is 6.73. The van der Waals surface area contributed by atoms with E-state index in [2.05, 4.69) is 29.2 Å². The van der Waals surface area contributed by atoms with Crippen LogP contribution >= 0.6 is 0 Å². The maximum absolute atomic E-state index is 12.1. The summed E-state index contributed by atoms with van der Waals surface area (Å²) in [4.78, 5) is 14.3. The van der Waals surface area contributed by atoms with Crippen molar-refractivity contribution in [2.24, 2.45) is 0 Å². The SMILES string of the molecule is O=C1CCCN1C1C2=C(CCCC2)c2ccccc21. The third kappa shape index (κ3) is 1.59. The highest BCUT2D eigenvalue weighted by Crippen LogP contribution is 2.50. The molecular weight excluding hydrogens is 234 g/mol. The fourth-order valence-electron chi connectivity index (χ4n) is 4.03. The van der Waals surface area contributed by atoms with Crippen molar-refractivity contribution in [1.82, 2.24) is 4.90 Å². The maximum atomic E-state index is 12.1. The molecule has 98 valence electrons. The van der Waals surface area contributed by atoms with Crippen LogP contribution in [-0.2, 0) is 4.79 Å². The van der Waals surface area contributed by atoms with Crippen LogP contribution < -0.4 is 0 Å². The minimum absolute atomic E-state index is 0.265. The van der Waals surface area contributed by atoms with Crippen LogP contribution in [-0.4, -0.2) is 17.4 Å². The van der Waals surface area contributed by atoms with Crippen LogP contribution in [0.1, 0.15) is 55.7 Å². The molecule has 1 aliphatic heterocycles. The number of fused-ring (bicyclic) bond motifs is 2. The molecule has 1 heterocycles. The molecule has 1 saturated heterocycles. The van der Waals surface area contributed by atoms with Gasteiger partial charge in [-0.2, -0.15) is 0 Å². The first kappa shape index (κ1) is 11.3. The van der Waals surface area contributed by atoms with Crippen LogP contribution in [0.4, 0.5) is 0 Å². The summed E-state index contributed by atoms with van der Waals surface area (Å²) in [7, 11) is 0. The Morgan fingerprint density at radius 2 is 1.84 bits per heavy atom. The zero-order valence-electron chi connectivity index (χ0n) is 11.2. The summed E-state index contributed by atoms with van der Waals surface area (Å²) in [5, 5.41) is 0. The van der Waals surface area contributed by atoms with E-state index in [0.29, 0.717) is 5.91 Å². The Labute approximate surface area is 114 Å². The minimum atomic E-state index is 0.265. The highest BCUT2D eigenvalue weighted by Gasteiger charge is 2.38. The van der Waals surface area contributed by atoms with E-state index in [1.807, 2.05) is 0 Å². The summed E-state index contributed by atoms with van der Waals surface area (Å²) >= 11 is 0. The molecule has 19 heavy (non-hydrogen) atoms. The molecule has 0 N–H and O–H groups in total. The minimum Gasteiger partial charge on any atom is -0.332 e. The lowest BCUT2D eigenvalue weighted by atomic mass is 9.90. The standard InChI is InChI=1S/C17H19NO/c19-16-10-5-11-18(16)17-14-8-3-1-6-12(14)13-7-2-4-9-15(13)17/h1,3,6,8,17H,2,4-5,7,9-11H2. The lowest BCUT2D eigenvalue weighted by Crippen LogP contribution is -2.30. The summed E-state index contributed by atoms with van der Waals surface area (Å²) in [5.74, 6) is 0.346. The van der Waals surface area contributed by atoms with E-state index >= 15 is 0 Å². The summed E-state index contributed by atoms with van der Waals surface area (Å²) in [5.41, 5.74) is 5.89. The molecule has 2 nitrogen and oxygen atoms in total. The van der Waals surface area contributed by atoms with E-state index in [4.69, 9.17) is 0 Å². The van der Waals surface area contributed by atoms with Crippen molar-refractivity contribution < 1.29 is 4.79 Å². The number of nitrogens with zero attached hydrogens (tertiary/aromatic N) is 1. The van der Waals surface area contributed by atoms with Crippen LogP contribution in [0.2, 0.25) is 0 Å².